The van der Waals surface area contributed by atoms with Gasteiger partial charge in [0, 0.05) is 0 Å². The summed E-state index contributed by atoms with van der Waals surface area (Å²) in [6, 6.07) is 31.8. The molecule has 0 bridgehead atoms. The van der Waals surface area contributed by atoms with E-state index in [1.54, 1.807) is 0 Å². The maximum atomic E-state index is 9.99. The van der Waals surface area contributed by atoms with Crippen LogP contribution in [0.5, 0.6) is 0 Å². The van der Waals surface area contributed by atoms with Crippen molar-refractivity contribution in [1.82, 2.24) is 0 Å². The second kappa shape index (κ2) is 11.3. The molecule has 0 heterocycles. The minimum absolute atomic E-state index is 0.310. The normalized spacial score (nSPS) is 11.2. The van der Waals surface area contributed by atoms with Crippen LogP contribution in [-0.4, -0.2) is 42.8 Å². The number of carboxylic acids is 1. The molecule has 28 heavy (non-hydrogen) atoms. The van der Waals surface area contributed by atoms with Crippen LogP contribution in [0.1, 0.15) is 6.42 Å². The van der Waals surface area contributed by atoms with Crippen LogP contribution in [-0.2, 0) is 9.59 Å². The van der Waals surface area contributed by atoms with E-state index in [2.05, 4.69) is 96.7 Å². The van der Waals surface area contributed by atoms with Crippen molar-refractivity contribution in [3.8, 4) is 0 Å². The average Bonchev–Trinajstić information content (AvgIpc) is 2.71. The van der Waals surface area contributed by atoms with E-state index in [-0.39, 0.29) is 6.42 Å². The summed E-state index contributed by atoms with van der Waals surface area (Å²) in [6.07, 6.45) is -0.310. The second-order valence-corrected chi connectivity index (χ2v) is 13.2. The first-order chi connectivity index (χ1) is 13.5. The number of carbonyl (C=O) groups is 2. The Kier molecular flexibility index (Phi) is 8.71. The zero-order chi connectivity index (χ0) is 20.4. The Morgan fingerprint density at radius 3 is 1.29 bits per heavy atom. The summed E-state index contributed by atoms with van der Waals surface area (Å²) >= 11 is -1.98. The van der Waals surface area contributed by atoms with Gasteiger partial charge in [0.25, 0.3) is 0 Å². The third-order valence-corrected chi connectivity index (χ3v) is 11.7. The van der Waals surface area contributed by atoms with Crippen LogP contribution in [0.25, 0.3) is 0 Å². The van der Waals surface area contributed by atoms with E-state index < -0.39 is 37.7 Å². The van der Waals surface area contributed by atoms with Gasteiger partial charge in [-0.3, -0.25) is 9.59 Å². The molecule has 5 nitrogen and oxygen atoms in total. The molecule has 0 fully saturated rings. The number of benzene rings is 3. The van der Waals surface area contributed by atoms with Gasteiger partial charge in [0.05, 0.1) is 6.42 Å². The molecule has 0 unspecified atom stereocenters. The van der Waals surface area contributed by atoms with Gasteiger partial charge in [-0.05, 0) is 0 Å². The van der Waals surface area contributed by atoms with Crippen LogP contribution < -0.4 is 22.2 Å². The predicted molar refractivity (Wildman–Crippen MR) is 113 cm³/mol. The SMILES string of the molecule is NC(=O)C[C@H](N)C(=O)O.c1cc[c]([Sn]([c]2ccccc2)[c]2ccccc2)cc1. The minimum atomic E-state index is -1.98. The molecular formula is C22H23N2O3Sn. The van der Waals surface area contributed by atoms with E-state index >= 15 is 0 Å². The summed E-state index contributed by atoms with van der Waals surface area (Å²) < 4.78 is 4.59. The second-order valence-electron chi connectivity index (χ2n) is 6.09. The number of aliphatic carboxylic acids is 1. The number of carboxylic acid groups (broad SMARTS) is 1. The molecular weight excluding hydrogens is 459 g/mol. The summed E-state index contributed by atoms with van der Waals surface area (Å²) in [5, 5.41) is 8.10. The van der Waals surface area contributed by atoms with E-state index in [4.69, 9.17) is 10.8 Å². The first kappa shape index (κ1) is 21.7. The van der Waals surface area contributed by atoms with E-state index in [9.17, 15) is 9.59 Å². The summed E-state index contributed by atoms with van der Waals surface area (Å²) in [5.74, 6) is -1.92. The van der Waals surface area contributed by atoms with Crippen molar-refractivity contribution in [2.45, 2.75) is 12.5 Å². The van der Waals surface area contributed by atoms with Crippen molar-refractivity contribution in [2.75, 3.05) is 0 Å². The van der Waals surface area contributed by atoms with Crippen LogP contribution in [0, 0.1) is 0 Å². The summed E-state index contributed by atoms with van der Waals surface area (Å²) in [7, 11) is 0. The molecule has 0 saturated carbocycles. The molecule has 3 aromatic carbocycles. The monoisotopic (exact) mass is 483 g/mol. The first-order valence-corrected chi connectivity index (χ1v) is 13.1. The Morgan fingerprint density at radius 2 is 1.07 bits per heavy atom. The van der Waals surface area contributed by atoms with Crippen LogP contribution >= 0.6 is 0 Å². The molecule has 6 heteroatoms. The Morgan fingerprint density at radius 1 is 0.750 bits per heavy atom. The fraction of sp³-hybridized carbons (Fsp3) is 0.0909. The fourth-order valence-electron chi connectivity index (χ4n) is 2.62. The zero-order valence-corrected chi connectivity index (χ0v) is 18.2. The molecule has 1 amide bonds. The molecule has 0 aliphatic rings. The average molecular weight is 482 g/mol. The molecule has 0 saturated heterocycles. The van der Waals surface area contributed by atoms with E-state index in [0.29, 0.717) is 0 Å². The van der Waals surface area contributed by atoms with Gasteiger partial charge in [0.1, 0.15) is 6.04 Å². The van der Waals surface area contributed by atoms with Gasteiger partial charge in [-0.15, -0.1) is 0 Å². The summed E-state index contributed by atoms with van der Waals surface area (Å²) in [5.41, 5.74) is 9.57. The number of nitrogens with two attached hydrogens (primary N) is 2. The number of hydrogen-bond acceptors (Lipinski definition) is 3. The van der Waals surface area contributed by atoms with Crippen LogP contribution in [0.2, 0.25) is 0 Å². The number of amides is 1. The maximum absolute atomic E-state index is 9.99. The Labute approximate surface area is 171 Å². The van der Waals surface area contributed by atoms with Crippen LogP contribution in [0.4, 0.5) is 0 Å². The van der Waals surface area contributed by atoms with Gasteiger partial charge in [0.15, 0.2) is 0 Å². The van der Waals surface area contributed by atoms with Gasteiger partial charge < -0.3 is 16.6 Å². The molecule has 3 aromatic rings. The van der Waals surface area contributed by atoms with E-state index in [1.807, 2.05) is 0 Å². The van der Waals surface area contributed by atoms with Gasteiger partial charge in [-0.2, -0.15) is 0 Å². The molecule has 0 spiro atoms. The van der Waals surface area contributed by atoms with Gasteiger partial charge >= 0.3 is 127 Å². The molecule has 0 aliphatic carbocycles. The third-order valence-electron chi connectivity index (χ3n) is 3.93. The Balaban J connectivity index is 0.000000266. The number of hydrogen-bond donors (Lipinski definition) is 3. The molecule has 1 radical (unpaired) electrons. The predicted octanol–water partition coefficient (Wildman–Crippen LogP) is 0.477. The van der Waals surface area contributed by atoms with Crippen molar-refractivity contribution < 1.29 is 14.7 Å². The number of primary amides is 1. The summed E-state index contributed by atoms with van der Waals surface area (Å²) in [4.78, 5) is 19.9. The van der Waals surface area contributed by atoms with Gasteiger partial charge in [0.2, 0.25) is 5.91 Å². The fourth-order valence-corrected chi connectivity index (χ4v) is 9.97. The van der Waals surface area contributed by atoms with Crippen molar-refractivity contribution in [3.63, 3.8) is 0 Å². The number of carbonyl (C=O) groups excluding carboxylic acids is 1. The molecule has 5 N–H and O–H groups in total. The molecule has 3 rings (SSSR count). The quantitative estimate of drug-likeness (QED) is 0.445. The Hall–Kier alpha value is -2.64. The third kappa shape index (κ3) is 6.83. The van der Waals surface area contributed by atoms with Gasteiger partial charge in [-0.25, -0.2) is 0 Å². The van der Waals surface area contributed by atoms with E-state index in [0.717, 1.165) is 0 Å². The van der Waals surface area contributed by atoms with Crippen molar-refractivity contribution >= 4 is 42.4 Å². The van der Waals surface area contributed by atoms with Gasteiger partial charge in [-0.1, -0.05) is 0 Å². The van der Waals surface area contributed by atoms with Crippen molar-refractivity contribution in [1.29, 1.82) is 0 Å². The topological polar surface area (TPSA) is 106 Å². The summed E-state index contributed by atoms with van der Waals surface area (Å²) in [6.45, 7) is 0. The van der Waals surface area contributed by atoms with Crippen LogP contribution in [0.3, 0.4) is 0 Å². The molecule has 1 atom stereocenters. The first-order valence-electron chi connectivity index (χ1n) is 8.79. The zero-order valence-electron chi connectivity index (χ0n) is 15.4. The van der Waals surface area contributed by atoms with Crippen molar-refractivity contribution in [2.24, 2.45) is 11.5 Å². The standard InChI is InChI=1S/3C6H5.C4H8N2O3.Sn/c3*1-2-4-6-5-3-1;5-2(4(8)9)1-3(6)7;/h3*1-5H;2H,1,5H2,(H2,6,7)(H,8,9);/t;;;2-;/m...0./s1. The molecule has 0 aliphatic heterocycles. The molecule has 0 aromatic heterocycles. The van der Waals surface area contributed by atoms with Crippen molar-refractivity contribution in [3.05, 3.63) is 91.0 Å². The van der Waals surface area contributed by atoms with E-state index in [1.165, 1.54) is 10.7 Å². The number of rotatable bonds is 6. The Bertz CT molecular complexity index is 780. The molecule has 143 valence electrons. The van der Waals surface area contributed by atoms with Crippen LogP contribution in [0.15, 0.2) is 91.0 Å².